The van der Waals surface area contributed by atoms with E-state index in [1.54, 1.807) is 0 Å². The molecule has 2 nitrogen and oxygen atoms in total. The first-order valence-electron chi connectivity index (χ1n) is 7.25. The third-order valence-electron chi connectivity index (χ3n) is 4.58. The molecule has 0 saturated carbocycles. The number of hydrogen-bond acceptors (Lipinski definition) is 3. The molecule has 2 saturated heterocycles. The van der Waals surface area contributed by atoms with Crippen molar-refractivity contribution in [1.29, 1.82) is 0 Å². The van der Waals surface area contributed by atoms with Gasteiger partial charge in [0.2, 0.25) is 0 Å². The molecule has 1 aromatic carbocycles. The third-order valence-corrected chi connectivity index (χ3v) is 6.21. The summed E-state index contributed by atoms with van der Waals surface area (Å²) < 4.78 is 6.03. The van der Waals surface area contributed by atoms with Crippen LogP contribution in [0.5, 0.6) is 0 Å². The number of thioether (sulfide) groups is 1. The van der Waals surface area contributed by atoms with E-state index in [2.05, 4.69) is 0 Å². The molecule has 3 atom stereocenters. The second-order valence-electron chi connectivity index (χ2n) is 6.04. The van der Waals surface area contributed by atoms with Crippen LogP contribution in [0.25, 0.3) is 0 Å². The summed E-state index contributed by atoms with van der Waals surface area (Å²) >= 11 is 8.14. The Balaban J connectivity index is 1.75. The highest BCUT2D eigenvalue weighted by Gasteiger charge is 2.42. The van der Waals surface area contributed by atoms with Gasteiger partial charge in [0.05, 0.1) is 11.7 Å². The first-order chi connectivity index (χ1) is 9.60. The fourth-order valence-corrected chi connectivity index (χ4v) is 4.83. The lowest BCUT2D eigenvalue weighted by molar-refractivity contribution is -0.102. The van der Waals surface area contributed by atoms with E-state index in [0.717, 1.165) is 47.8 Å². The van der Waals surface area contributed by atoms with Crippen LogP contribution in [-0.4, -0.2) is 28.8 Å². The molecule has 2 aliphatic heterocycles. The molecule has 0 aromatic heterocycles. The Morgan fingerprint density at radius 2 is 2.35 bits per heavy atom. The monoisotopic (exact) mass is 312 g/mol. The zero-order chi connectivity index (χ0) is 14.2. The normalized spacial score (nSPS) is 31.6. The van der Waals surface area contributed by atoms with Gasteiger partial charge in [-0.15, -0.1) is 0 Å². The fourth-order valence-electron chi connectivity index (χ4n) is 3.26. The van der Waals surface area contributed by atoms with Crippen LogP contribution in [0, 0.1) is 12.8 Å². The van der Waals surface area contributed by atoms with E-state index in [9.17, 15) is 5.11 Å². The number of halogens is 1. The maximum atomic E-state index is 10.7. The summed E-state index contributed by atoms with van der Waals surface area (Å²) in [6.07, 6.45) is 2.58. The number of ether oxygens (including phenoxy) is 1. The molecule has 2 fully saturated rings. The van der Waals surface area contributed by atoms with E-state index < -0.39 is 6.10 Å². The molecule has 1 spiro atoms. The SMILES string of the molecule is Cc1ccc(C(O)C2CCOC3(CCSC3)C2)cc1Cl. The minimum atomic E-state index is -0.431. The Kier molecular flexibility index (Phi) is 4.32. The van der Waals surface area contributed by atoms with Gasteiger partial charge in [-0.3, -0.25) is 0 Å². The van der Waals surface area contributed by atoms with Crippen LogP contribution in [0.2, 0.25) is 5.02 Å². The van der Waals surface area contributed by atoms with Crippen LogP contribution in [0.15, 0.2) is 18.2 Å². The summed E-state index contributed by atoms with van der Waals surface area (Å²) in [6.45, 7) is 2.75. The minimum Gasteiger partial charge on any atom is -0.388 e. The fraction of sp³-hybridized carbons (Fsp3) is 0.625. The van der Waals surface area contributed by atoms with Crippen LogP contribution in [0.1, 0.15) is 36.5 Å². The lowest BCUT2D eigenvalue weighted by atomic mass is 9.80. The van der Waals surface area contributed by atoms with Gasteiger partial charge in [-0.25, -0.2) is 0 Å². The van der Waals surface area contributed by atoms with Gasteiger partial charge in [0.25, 0.3) is 0 Å². The minimum absolute atomic E-state index is 0.0169. The topological polar surface area (TPSA) is 29.5 Å². The number of hydrogen-bond donors (Lipinski definition) is 1. The van der Waals surface area contributed by atoms with Crippen molar-refractivity contribution in [3.63, 3.8) is 0 Å². The van der Waals surface area contributed by atoms with Crippen LogP contribution in [-0.2, 0) is 4.74 Å². The standard InChI is InChI=1S/C16H21ClO2S/c1-11-2-3-12(8-14(11)17)15(18)13-4-6-19-16(9-13)5-7-20-10-16/h2-3,8,13,15,18H,4-7,9-10H2,1H3. The Morgan fingerprint density at radius 3 is 3.05 bits per heavy atom. The highest BCUT2D eigenvalue weighted by Crippen LogP contribution is 2.44. The Bertz CT molecular complexity index is 485. The van der Waals surface area contributed by atoms with Crippen LogP contribution in [0.4, 0.5) is 0 Å². The van der Waals surface area contributed by atoms with Crippen molar-refractivity contribution < 1.29 is 9.84 Å². The van der Waals surface area contributed by atoms with E-state index >= 15 is 0 Å². The molecule has 2 heterocycles. The predicted octanol–water partition coefficient (Wildman–Crippen LogP) is 3.98. The maximum absolute atomic E-state index is 10.7. The van der Waals surface area contributed by atoms with Gasteiger partial charge in [0.1, 0.15) is 0 Å². The van der Waals surface area contributed by atoms with Crippen molar-refractivity contribution >= 4 is 23.4 Å². The summed E-state index contributed by atoms with van der Waals surface area (Å²) in [5.41, 5.74) is 2.01. The summed E-state index contributed by atoms with van der Waals surface area (Å²) in [4.78, 5) is 0. The molecule has 20 heavy (non-hydrogen) atoms. The van der Waals surface area contributed by atoms with Gasteiger partial charge in [0, 0.05) is 17.4 Å². The van der Waals surface area contributed by atoms with E-state index in [0.29, 0.717) is 0 Å². The van der Waals surface area contributed by atoms with Gasteiger partial charge >= 0.3 is 0 Å². The molecular weight excluding hydrogens is 292 g/mol. The van der Waals surface area contributed by atoms with E-state index in [4.69, 9.17) is 16.3 Å². The molecule has 3 unspecified atom stereocenters. The number of aryl methyl sites for hydroxylation is 1. The quantitative estimate of drug-likeness (QED) is 0.895. The second-order valence-corrected chi connectivity index (χ2v) is 7.55. The lowest BCUT2D eigenvalue weighted by Gasteiger charge is -2.39. The molecule has 3 rings (SSSR count). The van der Waals surface area contributed by atoms with Gasteiger partial charge in [-0.05, 0) is 55.1 Å². The van der Waals surface area contributed by atoms with Crippen molar-refractivity contribution in [1.82, 2.24) is 0 Å². The average Bonchev–Trinajstić information content (AvgIpc) is 2.89. The van der Waals surface area contributed by atoms with Crippen molar-refractivity contribution in [2.45, 2.75) is 37.9 Å². The summed E-state index contributed by atoms with van der Waals surface area (Å²) in [5.74, 6) is 2.53. The van der Waals surface area contributed by atoms with Crippen LogP contribution < -0.4 is 0 Å². The number of benzene rings is 1. The van der Waals surface area contributed by atoms with Gasteiger partial charge < -0.3 is 9.84 Å². The number of rotatable bonds is 2. The summed E-state index contributed by atoms with van der Waals surface area (Å²) in [5, 5.41) is 11.4. The number of aliphatic hydroxyl groups excluding tert-OH is 1. The second kappa shape index (κ2) is 5.88. The zero-order valence-corrected chi connectivity index (χ0v) is 13.3. The van der Waals surface area contributed by atoms with Crippen molar-refractivity contribution in [3.8, 4) is 0 Å². The largest absolute Gasteiger partial charge is 0.388 e. The molecule has 0 aliphatic carbocycles. The van der Waals surface area contributed by atoms with Crippen LogP contribution >= 0.6 is 23.4 Å². The lowest BCUT2D eigenvalue weighted by Crippen LogP contribution is -2.41. The average molecular weight is 313 g/mol. The molecule has 0 bridgehead atoms. The van der Waals surface area contributed by atoms with E-state index in [-0.39, 0.29) is 11.5 Å². The Morgan fingerprint density at radius 1 is 1.50 bits per heavy atom. The molecular formula is C16H21ClO2S. The van der Waals surface area contributed by atoms with E-state index in [1.807, 2.05) is 36.9 Å². The molecule has 0 radical (unpaired) electrons. The highest BCUT2D eigenvalue weighted by atomic mass is 35.5. The maximum Gasteiger partial charge on any atom is 0.0820 e. The van der Waals surface area contributed by atoms with Gasteiger partial charge in [0.15, 0.2) is 0 Å². The van der Waals surface area contributed by atoms with Gasteiger partial charge in [-0.2, -0.15) is 11.8 Å². The van der Waals surface area contributed by atoms with Crippen molar-refractivity contribution in [3.05, 3.63) is 34.3 Å². The Hall–Kier alpha value is -0.220. The van der Waals surface area contributed by atoms with Crippen LogP contribution in [0.3, 0.4) is 0 Å². The molecule has 110 valence electrons. The summed E-state index contributed by atoms with van der Waals surface area (Å²) in [7, 11) is 0. The first kappa shape index (κ1) is 14.7. The van der Waals surface area contributed by atoms with Crippen molar-refractivity contribution in [2.75, 3.05) is 18.1 Å². The zero-order valence-electron chi connectivity index (χ0n) is 11.8. The first-order valence-corrected chi connectivity index (χ1v) is 8.79. The molecule has 4 heteroatoms. The predicted molar refractivity (Wildman–Crippen MR) is 84.5 cm³/mol. The third kappa shape index (κ3) is 2.87. The highest BCUT2D eigenvalue weighted by molar-refractivity contribution is 7.99. The van der Waals surface area contributed by atoms with E-state index in [1.165, 1.54) is 5.75 Å². The number of aliphatic hydroxyl groups is 1. The van der Waals surface area contributed by atoms with Crippen molar-refractivity contribution in [2.24, 2.45) is 5.92 Å². The smallest absolute Gasteiger partial charge is 0.0820 e. The molecule has 2 aliphatic rings. The molecule has 1 aromatic rings. The molecule has 1 N–H and O–H groups in total. The Labute approximate surface area is 129 Å². The summed E-state index contributed by atoms with van der Waals surface area (Å²) in [6, 6.07) is 5.89. The van der Waals surface area contributed by atoms with Gasteiger partial charge in [-0.1, -0.05) is 23.7 Å². The molecule has 0 amide bonds.